The minimum atomic E-state index is -3.60. The minimum absolute atomic E-state index is 0.120. The Bertz CT molecular complexity index is 1600. The highest BCUT2D eigenvalue weighted by Crippen LogP contribution is 2.40. The van der Waals surface area contributed by atoms with Crippen molar-refractivity contribution in [2.45, 2.75) is 12.1 Å². The second-order valence-corrected chi connectivity index (χ2v) is 10.4. The van der Waals surface area contributed by atoms with Crippen molar-refractivity contribution in [1.29, 1.82) is 5.26 Å². The van der Waals surface area contributed by atoms with Gasteiger partial charge in [-0.05, 0) is 28.3 Å². The van der Waals surface area contributed by atoms with Gasteiger partial charge in [0, 0.05) is 5.56 Å². The number of hydrogen-bond donors (Lipinski definition) is 0. The van der Waals surface area contributed by atoms with Crippen molar-refractivity contribution < 1.29 is 12.6 Å². The van der Waals surface area contributed by atoms with Crippen LogP contribution in [0.2, 0.25) is 0 Å². The fourth-order valence-electron chi connectivity index (χ4n) is 4.59. The van der Waals surface area contributed by atoms with Crippen LogP contribution in [0.3, 0.4) is 0 Å². The van der Waals surface area contributed by atoms with Gasteiger partial charge in [-0.25, -0.2) is 0 Å². The first-order valence-electron chi connectivity index (χ1n) is 11.9. The lowest BCUT2D eigenvalue weighted by Gasteiger charge is -2.34. The lowest BCUT2D eigenvalue weighted by atomic mass is 9.77. The fraction of sp³-hybridized carbons (Fsp3) is 0.100. The van der Waals surface area contributed by atoms with Crippen LogP contribution in [0.1, 0.15) is 27.9 Å². The van der Waals surface area contributed by atoms with E-state index in [1.54, 1.807) is 23.0 Å². The van der Waals surface area contributed by atoms with Crippen LogP contribution < -0.4 is 0 Å². The highest BCUT2D eigenvalue weighted by Gasteiger charge is 2.41. The molecule has 0 fully saturated rings. The smallest absolute Gasteiger partial charge is 0.264 e. The van der Waals surface area contributed by atoms with Gasteiger partial charge in [-0.15, -0.1) is 5.10 Å². The Morgan fingerprint density at radius 2 is 1.32 bits per heavy atom. The molecule has 1 heterocycles. The molecule has 0 amide bonds. The van der Waals surface area contributed by atoms with Gasteiger partial charge in [-0.3, -0.25) is 4.18 Å². The second-order valence-electron chi connectivity index (χ2n) is 8.77. The van der Waals surface area contributed by atoms with E-state index in [0.717, 1.165) is 22.9 Å². The third-order valence-corrected chi connectivity index (χ3v) is 6.78. The van der Waals surface area contributed by atoms with Gasteiger partial charge in [0.15, 0.2) is 11.2 Å². The predicted octanol–water partition coefficient (Wildman–Crippen LogP) is 5.13. The summed E-state index contributed by atoms with van der Waals surface area (Å²) in [6.07, 6.45) is 1.01. The molecule has 0 atom stereocenters. The highest BCUT2D eigenvalue weighted by atomic mass is 32.2. The maximum atomic E-state index is 11.5. The first kappa shape index (κ1) is 25.1. The van der Waals surface area contributed by atoms with Gasteiger partial charge < -0.3 is 0 Å². The Morgan fingerprint density at radius 1 is 0.789 bits per heavy atom. The van der Waals surface area contributed by atoms with E-state index in [1.165, 1.54) is 0 Å². The molecule has 0 aliphatic carbocycles. The van der Waals surface area contributed by atoms with Crippen molar-refractivity contribution in [3.8, 4) is 17.3 Å². The number of rotatable bonds is 8. The lowest BCUT2D eigenvalue weighted by molar-refractivity contribution is 0.312. The maximum Gasteiger partial charge on any atom is 0.264 e. The van der Waals surface area contributed by atoms with Crippen LogP contribution in [-0.4, -0.2) is 29.7 Å². The number of aromatic nitrogens is 3. The summed E-state index contributed by atoms with van der Waals surface area (Å²) >= 11 is 0. The summed E-state index contributed by atoms with van der Waals surface area (Å²) in [5, 5.41) is 19.7. The quantitative estimate of drug-likeness (QED) is 0.208. The zero-order valence-electron chi connectivity index (χ0n) is 20.6. The van der Waals surface area contributed by atoms with Gasteiger partial charge in [-0.1, -0.05) is 109 Å². The average Bonchev–Trinajstić information content (AvgIpc) is 3.39. The predicted molar refractivity (Wildman–Crippen MR) is 144 cm³/mol. The third-order valence-electron chi connectivity index (χ3n) is 6.23. The van der Waals surface area contributed by atoms with E-state index in [9.17, 15) is 13.7 Å². The van der Waals surface area contributed by atoms with Gasteiger partial charge in [-0.2, -0.15) is 23.6 Å². The molecule has 0 saturated heterocycles. The Hall–Kier alpha value is -4.58. The summed E-state index contributed by atoms with van der Waals surface area (Å²) in [6, 6.07) is 39.1. The van der Waals surface area contributed by atoms with Crippen LogP contribution in [0.4, 0.5) is 0 Å². The van der Waals surface area contributed by atoms with Crippen LogP contribution in [0.25, 0.3) is 11.3 Å². The van der Waals surface area contributed by atoms with Gasteiger partial charge in [0.25, 0.3) is 10.1 Å². The Balaban J connectivity index is 1.75. The van der Waals surface area contributed by atoms with Crippen LogP contribution >= 0.6 is 0 Å². The van der Waals surface area contributed by atoms with Crippen molar-refractivity contribution in [2.24, 2.45) is 0 Å². The summed E-state index contributed by atoms with van der Waals surface area (Å²) in [5.74, 6) is 0. The van der Waals surface area contributed by atoms with E-state index in [4.69, 9.17) is 14.4 Å². The van der Waals surface area contributed by atoms with E-state index in [2.05, 4.69) is 6.07 Å². The first-order chi connectivity index (χ1) is 18.4. The SMILES string of the molecule is CS(=O)(=O)OCc1cccc(-c2nn(C(c3ccccc3)(c3ccccc3)c3ccccc3)nc2C#N)c1. The normalized spacial score (nSPS) is 11.7. The Kier molecular flexibility index (Phi) is 6.88. The molecule has 0 bridgehead atoms. The van der Waals surface area contributed by atoms with E-state index in [-0.39, 0.29) is 12.3 Å². The van der Waals surface area contributed by atoms with E-state index in [1.807, 2.05) is 97.1 Å². The van der Waals surface area contributed by atoms with E-state index < -0.39 is 15.7 Å². The molecule has 0 aliphatic heterocycles. The third kappa shape index (κ3) is 4.85. The number of benzene rings is 4. The molecule has 1 aromatic heterocycles. The molecule has 4 aromatic carbocycles. The summed E-state index contributed by atoms with van der Waals surface area (Å²) in [4.78, 5) is 1.61. The average molecular weight is 521 g/mol. The molecule has 0 N–H and O–H groups in total. The summed E-state index contributed by atoms with van der Waals surface area (Å²) < 4.78 is 27.9. The van der Waals surface area contributed by atoms with Gasteiger partial charge in [0.2, 0.25) is 0 Å². The highest BCUT2D eigenvalue weighted by molar-refractivity contribution is 7.85. The van der Waals surface area contributed by atoms with Crippen molar-refractivity contribution >= 4 is 10.1 Å². The van der Waals surface area contributed by atoms with Crippen LogP contribution in [0.15, 0.2) is 115 Å². The van der Waals surface area contributed by atoms with E-state index in [0.29, 0.717) is 16.8 Å². The molecular formula is C30H24N4O3S. The molecule has 7 nitrogen and oxygen atoms in total. The number of nitrogens with zero attached hydrogens (tertiary/aromatic N) is 4. The zero-order valence-corrected chi connectivity index (χ0v) is 21.4. The van der Waals surface area contributed by atoms with Crippen LogP contribution in [-0.2, 0) is 26.4 Å². The summed E-state index contributed by atoms with van der Waals surface area (Å²) in [6.45, 7) is -0.120. The van der Waals surface area contributed by atoms with Crippen molar-refractivity contribution in [3.05, 3.63) is 143 Å². The number of nitriles is 1. The second kappa shape index (κ2) is 10.4. The topological polar surface area (TPSA) is 97.9 Å². The summed E-state index contributed by atoms with van der Waals surface area (Å²) in [5.41, 5.74) is 3.62. The van der Waals surface area contributed by atoms with Gasteiger partial charge in [0.1, 0.15) is 11.8 Å². The first-order valence-corrected chi connectivity index (χ1v) is 13.7. The number of hydrogen-bond acceptors (Lipinski definition) is 6. The zero-order chi connectivity index (χ0) is 26.6. The monoisotopic (exact) mass is 520 g/mol. The molecule has 188 valence electrons. The van der Waals surface area contributed by atoms with Crippen molar-refractivity contribution in [3.63, 3.8) is 0 Å². The molecular weight excluding hydrogens is 496 g/mol. The maximum absolute atomic E-state index is 11.5. The molecule has 0 spiro atoms. The van der Waals surface area contributed by atoms with Gasteiger partial charge >= 0.3 is 0 Å². The van der Waals surface area contributed by atoms with E-state index >= 15 is 0 Å². The van der Waals surface area contributed by atoms with Crippen molar-refractivity contribution in [1.82, 2.24) is 15.0 Å². The molecule has 8 heteroatoms. The molecule has 0 aliphatic rings. The Morgan fingerprint density at radius 3 is 1.79 bits per heavy atom. The molecule has 0 radical (unpaired) electrons. The largest absolute Gasteiger partial charge is 0.265 e. The van der Waals surface area contributed by atoms with Gasteiger partial charge in [0.05, 0.1) is 12.9 Å². The Labute approximate surface area is 221 Å². The fourth-order valence-corrected chi connectivity index (χ4v) is 4.94. The standard InChI is InChI=1S/C30H24N4O3S/c1-38(35,36)37-22-23-12-11-13-24(20-23)29-28(21-31)32-34(33-29)30(25-14-5-2-6-15-25,26-16-7-3-8-17-26)27-18-9-4-10-19-27/h2-20H,22H2,1H3. The lowest BCUT2D eigenvalue weighted by Crippen LogP contribution is -2.39. The van der Waals surface area contributed by atoms with Crippen LogP contribution in [0.5, 0.6) is 0 Å². The summed E-state index contributed by atoms with van der Waals surface area (Å²) in [7, 11) is -3.60. The molecule has 0 unspecified atom stereocenters. The molecule has 0 saturated carbocycles. The molecule has 38 heavy (non-hydrogen) atoms. The molecule has 5 aromatic rings. The molecule has 5 rings (SSSR count). The van der Waals surface area contributed by atoms with Crippen LogP contribution in [0, 0.1) is 11.3 Å². The van der Waals surface area contributed by atoms with Crippen molar-refractivity contribution in [2.75, 3.05) is 6.26 Å². The minimum Gasteiger partial charge on any atom is -0.265 e.